The largest absolute Gasteiger partial charge is 0.286 e. The van der Waals surface area contributed by atoms with E-state index in [-0.39, 0.29) is 5.56 Å². The summed E-state index contributed by atoms with van der Waals surface area (Å²) in [5.74, 6) is 0. The van der Waals surface area contributed by atoms with Crippen molar-refractivity contribution in [3.63, 3.8) is 0 Å². The van der Waals surface area contributed by atoms with Crippen molar-refractivity contribution in [3.05, 3.63) is 56.7 Å². The molecule has 0 aliphatic heterocycles. The number of benzene rings is 1. The van der Waals surface area contributed by atoms with Gasteiger partial charge in [0.2, 0.25) is 0 Å². The summed E-state index contributed by atoms with van der Waals surface area (Å²) in [4.78, 5) is 11.8. The van der Waals surface area contributed by atoms with Crippen LogP contribution in [-0.2, 0) is 7.05 Å². The number of rotatable bonds is 2. The zero-order valence-electron chi connectivity index (χ0n) is 9.25. The molecule has 1 N–H and O–H groups in total. The lowest BCUT2D eigenvalue weighted by molar-refractivity contribution is 0.750. The van der Waals surface area contributed by atoms with Gasteiger partial charge >= 0.3 is 0 Å². The highest BCUT2D eigenvalue weighted by Gasteiger charge is 1.99. The minimum atomic E-state index is -0.207. The van der Waals surface area contributed by atoms with Crippen molar-refractivity contribution in [3.8, 4) is 0 Å². The van der Waals surface area contributed by atoms with E-state index in [2.05, 4.69) is 10.2 Å². The molecule has 17 heavy (non-hydrogen) atoms. The Kier molecular flexibility index (Phi) is 3.30. The van der Waals surface area contributed by atoms with Crippen molar-refractivity contribution < 1.29 is 0 Å². The Labute approximate surface area is 103 Å². The molecule has 86 valence electrons. The smallest absolute Gasteiger partial charge is 0.280 e. The van der Waals surface area contributed by atoms with Crippen molar-refractivity contribution in [1.29, 1.82) is 0 Å². The first-order chi connectivity index (χ1) is 8.18. The number of aromatic nitrogens is 3. The fourth-order valence-corrected chi connectivity index (χ4v) is 1.47. The van der Waals surface area contributed by atoms with Gasteiger partial charge in [-0.05, 0) is 23.9 Å². The predicted molar refractivity (Wildman–Crippen MR) is 70.0 cm³/mol. The van der Waals surface area contributed by atoms with E-state index < -0.39 is 0 Å². The van der Waals surface area contributed by atoms with Crippen LogP contribution in [0.25, 0.3) is 12.2 Å². The van der Waals surface area contributed by atoms with Gasteiger partial charge in [0.05, 0.1) is 0 Å². The van der Waals surface area contributed by atoms with Crippen LogP contribution >= 0.6 is 12.2 Å². The molecule has 4 nitrogen and oxygen atoms in total. The van der Waals surface area contributed by atoms with Crippen molar-refractivity contribution in [2.24, 2.45) is 7.05 Å². The number of hydrogen-bond donors (Lipinski definition) is 1. The molecule has 0 spiro atoms. The summed E-state index contributed by atoms with van der Waals surface area (Å²) >= 11 is 4.90. The van der Waals surface area contributed by atoms with Gasteiger partial charge in [0.15, 0.2) is 4.77 Å². The first-order valence-corrected chi connectivity index (χ1v) is 5.48. The van der Waals surface area contributed by atoms with Crippen molar-refractivity contribution in [2.45, 2.75) is 0 Å². The summed E-state index contributed by atoms with van der Waals surface area (Å²) in [5, 5.41) is 6.53. The van der Waals surface area contributed by atoms with Gasteiger partial charge in [0.25, 0.3) is 5.56 Å². The van der Waals surface area contributed by atoms with Crippen LogP contribution in [0.5, 0.6) is 0 Å². The lowest BCUT2D eigenvalue weighted by Gasteiger charge is -1.98. The fraction of sp³-hybridized carbons (Fsp3) is 0.0833. The van der Waals surface area contributed by atoms with E-state index in [4.69, 9.17) is 12.2 Å². The summed E-state index contributed by atoms with van der Waals surface area (Å²) < 4.78 is 1.67. The minimum Gasteiger partial charge on any atom is -0.286 e. The van der Waals surface area contributed by atoms with Crippen LogP contribution in [0.1, 0.15) is 11.3 Å². The molecule has 1 aromatic carbocycles. The number of H-pyrrole nitrogens is 1. The predicted octanol–water partition coefficient (Wildman–Crippen LogP) is 2.01. The molecule has 0 aliphatic rings. The maximum Gasteiger partial charge on any atom is 0.280 e. The minimum absolute atomic E-state index is 0.207. The molecule has 0 bridgehead atoms. The Morgan fingerprint density at radius 2 is 2.00 bits per heavy atom. The molecule has 0 fully saturated rings. The van der Waals surface area contributed by atoms with Gasteiger partial charge in [-0.1, -0.05) is 36.4 Å². The van der Waals surface area contributed by atoms with Crippen LogP contribution in [0, 0.1) is 4.77 Å². The van der Waals surface area contributed by atoms with Gasteiger partial charge in [0.1, 0.15) is 5.69 Å². The molecule has 0 radical (unpaired) electrons. The van der Waals surface area contributed by atoms with Crippen LogP contribution in [-0.4, -0.2) is 14.8 Å². The van der Waals surface area contributed by atoms with E-state index in [0.717, 1.165) is 5.56 Å². The Morgan fingerprint density at radius 3 is 2.71 bits per heavy atom. The maximum atomic E-state index is 11.8. The van der Waals surface area contributed by atoms with Crippen LogP contribution < -0.4 is 5.56 Å². The third kappa shape index (κ3) is 2.57. The Balaban J connectivity index is 2.38. The lowest BCUT2D eigenvalue weighted by atomic mass is 10.2. The quantitative estimate of drug-likeness (QED) is 0.823. The molecular formula is C12H11N3OS. The number of nitrogens with one attached hydrogen (secondary N) is 1. The topological polar surface area (TPSA) is 50.7 Å². The fourth-order valence-electron chi connectivity index (χ4n) is 1.34. The van der Waals surface area contributed by atoms with Crippen LogP contribution in [0.3, 0.4) is 0 Å². The van der Waals surface area contributed by atoms with Crippen LogP contribution in [0.15, 0.2) is 35.1 Å². The highest BCUT2D eigenvalue weighted by atomic mass is 32.1. The summed E-state index contributed by atoms with van der Waals surface area (Å²) in [7, 11) is 1.61. The molecule has 2 aromatic rings. The van der Waals surface area contributed by atoms with Crippen molar-refractivity contribution in [1.82, 2.24) is 14.8 Å². The molecule has 0 unspecified atom stereocenters. The summed E-state index contributed by atoms with van der Waals surface area (Å²) in [6.07, 6.45) is 3.50. The molecule has 0 saturated heterocycles. The molecule has 0 saturated carbocycles. The van der Waals surface area contributed by atoms with Crippen molar-refractivity contribution in [2.75, 3.05) is 0 Å². The SMILES string of the molecule is Cn1c(=S)[nH]nc(/C=C/c2ccccc2)c1=O. The molecule has 1 heterocycles. The average Bonchev–Trinajstić information content (AvgIpc) is 2.36. The number of nitrogens with zero attached hydrogens (tertiary/aromatic N) is 2. The standard InChI is InChI=1S/C12H11N3OS/c1-15-11(16)10(13-14-12(15)17)8-7-9-5-3-2-4-6-9/h2-8H,1H3,(H,14,17)/b8-7+. The molecule has 2 rings (SSSR count). The van der Waals surface area contributed by atoms with Gasteiger partial charge in [0, 0.05) is 7.05 Å². The van der Waals surface area contributed by atoms with E-state index in [1.165, 1.54) is 4.57 Å². The zero-order valence-corrected chi connectivity index (χ0v) is 10.1. The molecule has 0 atom stereocenters. The van der Waals surface area contributed by atoms with Gasteiger partial charge in [-0.3, -0.25) is 14.5 Å². The summed E-state index contributed by atoms with van der Waals surface area (Å²) in [5.41, 5.74) is 1.14. The Bertz CT molecular complexity index is 655. The maximum absolute atomic E-state index is 11.8. The zero-order chi connectivity index (χ0) is 12.3. The molecule has 5 heteroatoms. The van der Waals surface area contributed by atoms with Gasteiger partial charge in [-0.25, -0.2) is 0 Å². The lowest BCUT2D eigenvalue weighted by Crippen LogP contribution is -2.22. The van der Waals surface area contributed by atoms with E-state index in [0.29, 0.717) is 10.5 Å². The molecular weight excluding hydrogens is 234 g/mol. The molecule has 0 amide bonds. The Hall–Kier alpha value is -2.01. The second-order valence-electron chi connectivity index (χ2n) is 3.52. The van der Waals surface area contributed by atoms with E-state index in [1.54, 1.807) is 13.1 Å². The monoisotopic (exact) mass is 245 g/mol. The van der Waals surface area contributed by atoms with E-state index in [9.17, 15) is 4.79 Å². The summed E-state index contributed by atoms with van der Waals surface area (Å²) in [6.45, 7) is 0. The van der Waals surface area contributed by atoms with Crippen LogP contribution in [0.2, 0.25) is 0 Å². The molecule has 0 aliphatic carbocycles. The number of aromatic amines is 1. The average molecular weight is 245 g/mol. The highest BCUT2D eigenvalue weighted by Crippen LogP contribution is 2.02. The Morgan fingerprint density at radius 1 is 1.29 bits per heavy atom. The second-order valence-corrected chi connectivity index (χ2v) is 3.91. The van der Waals surface area contributed by atoms with Gasteiger partial charge < -0.3 is 0 Å². The summed E-state index contributed by atoms with van der Waals surface area (Å²) in [6, 6.07) is 9.71. The first kappa shape index (κ1) is 11.5. The highest BCUT2D eigenvalue weighted by molar-refractivity contribution is 7.71. The third-order valence-corrected chi connectivity index (χ3v) is 2.70. The first-order valence-electron chi connectivity index (χ1n) is 5.07. The van der Waals surface area contributed by atoms with Gasteiger partial charge in [-0.2, -0.15) is 5.10 Å². The van der Waals surface area contributed by atoms with Gasteiger partial charge in [-0.15, -0.1) is 0 Å². The number of hydrogen-bond acceptors (Lipinski definition) is 3. The van der Waals surface area contributed by atoms with Crippen LogP contribution in [0.4, 0.5) is 0 Å². The molecule has 1 aromatic heterocycles. The van der Waals surface area contributed by atoms with E-state index >= 15 is 0 Å². The normalized spacial score (nSPS) is 10.9. The van der Waals surface area contributed by atoms with Crippen molar-refractivity contribution >= 4 is 24.4 Å². The third-order valence-electron chi connectivity index (χ3n) is 2.33. The second kappa shape index (κ2) is 4.88. The van der Waals surface area contributed by atoms with E-state index in [1.807, 2.05) is 36.4 Å².